The fraction of sp³-hybridized carbons (Fsp3) is 0.419. The third-order valence-electron chi connectivity index (χ3n) is 7.45. The second-order valence-electron chi connectivity index (χ2n) is 9.81. The highest BCUT2D eigenvalue weighted by molar-refractivity contribution is 5.83. The molecule has 3 atom stereocenters. The number of halogens is 1. The molecule has 1 unspecified atom stereocenters. The van der Waals surface area contributed by atoms with Gasteiger partial charge in [0.15, 0.2) is 0 Å². The van der Waals surface area contributed by atoms with Crippen molar-refractivity contribution in [3.8, 4) is 23.3 Å². The average molecular weight is 519 g/mol. The smallest absolute Gasteiger partial charge is 0.303 e. The van der Waals surface area contributed by atoms with Crippen molar-refractivity contribution in [2.45, 2.75) is 38.3 Å². The first kappa shape index (κ1) is 27.4. The van der Waals surface area contributed by atoms with Crippen LogP contribution in [0.1, 0.15) is 49.4 Å². The number of carboxylic acid groups (broad SMARTS) is 1. The Labute approximate surface area is 223 Å². The number of nitrogens with zero attached hydrogens (tertiary/aromatic N) is 2. The number of benzene rings is 2. The van der Waals surface area contributed by atoms with Gasteiger partial charge < -0.3 is 14.6 Å². The average Bonchev–Trinajstić information content (AvgIpc) is 2.94. The Kier molecular flexibility index (Phi) is 9.56. The van der Waals surface area contributed by atoms with Crippen LogP contribution in [0.15, 0.2) is 54.7 Å². The zero-order valence-corrected chi connectivity index (χ0v) is 22.0. The number of carboxylic acids is 1. The lowest BCUT2D eigenvalue weighted by molar-refractivity contribution is -0.137. The number of aromatic nitrogens is 1. The van der Waals surface area contributed by atoms with Crippen LogP contribution in [0.3, 0.4) is 0 Å². The van der Waals surface area contributed by atoms with E-state index in [1.54, 1.807) is 26.5 Å². The van der Waals surface area contributed by atoms with Crippen molar-refractivity contribution < 1.29 is 23.8 Å². The predicted octanol–water partition coefficient (Wildman–Crippen LogP) is 5.90. The lowest BCUT2D eigenvalue weighted by atomic mass is 9.79. The molecular formula is C31H35FN2O4. The van der Waals surface area contributed by atoms with Crippen LogP contribution < -0.4 is 9.47 Å². The van der Waals surface area contributed by atoms with Gasteiger partial charge in [-0.25, -0.2) is 4.39 Å². The van der Waals surface area contributed by atoms with Gasteiger partial charge in [0.2, 0.25) is 0 Å². The van der Waals surface area contributed by atoms with Crippen LogP contribution in [0.5, 0.6) is 11.5 Å². The monoisotopic (exact) mass is 518 g/mol. The molecule has 0 aliphatic carbocycles. The first-order chi connectivity index (χ1) is 18.5. The SMILES string of the molecule is COc1ccc2nccc(C(F)CC[C@@H]3CCN(CC#Cc4ccccc4OC)C[C@@H]3CCC(=O)O)c2c1. The minimum absolute atomic E-state index is 0.121. The summed E-state index contributed by atoms with van der Waals surface area (Å²) in [6.45, 7) is 2.23. The molecular weight excluding hydrogens is 483 g/mol. The van der Waals surface area contributed by atoms with Crippen molar-refractivity contribution in [3.05, 3.63) is 65.9 Å². The Morgan fingerprint density at radius 1 is 1.16 bits per heavy atom. The van der Waals surface area contributed by atoms with E-state index < -0.39 is 12.1 Å². The summed E-state index contributed by atoms with van der Waals surface area (Å²) in [5.74, 6) is 7.53. The van der Waals surface area contributed by atoms with Gasteiger partial charge in [-0.2, -0.15) is 0 Å². The second-order valence-corrected chi connectivity index (χ2v) is 9.81. The molecule has 1 aliphatic rings. The molecule has 3 aromatic rings. The molecule has 2 heterocycles. The first-order valence-corrected chi connectivity index (χ1v) is 13.1. The van der Waals surface area contributed by atoms with E-state index in [2.05, 4.69) is 21.7 Å². The molecule has 38 heavy (non-hydrogen) atoms. The quantitative estimate of drug-likeness (QED) is 0.337. The minimum atomic E-state index is -1.13. The number of rotatable bonds is 10. The van der Waals surface area contributed by atoms with E-state index in [0.717, 1.165) is 41.7 Å². The van der Waals surface area contributed by atoms with Crippen LogP contribution in [0.25, 0.3) is 10.9 Å². The lowest BCUT2D eigenvalue weighted by Gasteiger charge is -2.38. The normalized spacial score (nSPS) is 18.4. The van der Waals surface area contributed by atoms with Gasteiger partial charge in [0.25, 0.3) is 0 Å². The van der Waals surface area contributed by atoms with Crippen molar-refractivity contribution in [1.82, 2.24) is 9.88 Å². The molecule has 0 radical (unpaired) electrons. The summed E-state index contributed by atoms with van der Waals surface area (Å²) < 4.78 is 26.3. The number of pyridine rings is 1. The fourth-order valence-electron chi connectivity index (χ4n) is 5.37. The van der Waals surface area contributed by atoms with E-state index in [1.807, 2.05) is 42.5 Å². The molecule has 1 N–H and O–H groups in total. The molecule has 200 valence electrons. The molecule has 6 nitrogen and oxygen atoms in total. The zero-order valence-electron chi connectivity index (χ0n) is 22.0. The number of piperidine rings is 1. The van der Waals surface area contributed by atoms with Crippen molar-refractivity contribution in [2.75, 3.05) is 33.9 Å². The van der Waals surface area contributed by atoms with Gasteiger partial charge in [0, 0.05) is 24.5 Å². The van der Waals surface area contributed by atoms with Crippen molar-refractivity contribution >= 4 is 16.9 Å². The Morgan fingerprint density at radius 2 is 2.00 bits per heavy atom. The zero-order chi connectivity index (χ0) is 26.9. The number of hydrogen-bond donors (Lipinski definition) is 1. The van der Waals surface area contributed by atoms with E-state index in [-0.39, 0.29) is 18.3 Å². The number of carbonyl (C=O) groups is 1. The molecule has 0 spiro atoms. The van der Waals surface area contributed by atoms with Crippen LogP contribution in [0, 0.1) is 23.7 Å². The van der Waals surface area contributed by atoms with Gasteiger partial charge in [-0.1, -0.05) is 24.0 Å². The molecule has 1 aromatic heterocycles. The molecule has 0 bridgehead atoms. The van der Waals surface area contributed by atoms with E-state index in [4.69, 9.17) is 9.47 Å². The highest BCUT2D eigenvalue weighted by Gasteiger charge is 2.30. The van der Waals surface area contributed by atoms with Crippen LogP contribution in [-0.2, 0) is 4.79 Å². The summed E-state index contributed by atoms with van der Waals surface area (Å²) in [4.78, 5) is 18.0. The van der Waals surface area contributed by atoms with Crippen molar-refractivity contribution in [1.29, 1.82) is 0 Å². The Hall–Kier alpha value is -3.63. The van der Waals surface area contributed by atoms with E-state index >= 15 is 4.39 Å². The summed E-state index contributed by atoms with van der Waals surface area (Å²) in [6, 6.07) is 14.9. The maximum absolute atomic E-state index is 15.6. The number of hydrogen-bond acceptors (Lipinski definition) is 5. The van der Waals surface area contributed by atoms with E-state index in [1.165, 1.54) is 0 Å². The van der Waals surface area contributed by atoms with Gasteiger partial charge in [-0.15, -0.1) is 0 Å². The number of methoxy groups -OCH3 is 2. The van der Waals surface area contributed by atoms with Crippen LogP contribution >= 0.6 is 0 Å². The fourth-order valence-corrected chi connectivity index (χ4v) is 5.37. The molecule has 1 saturated heterocycles. The van der Waals surface area contributed by atoms with Gasteiger partial charge in [0.1, 0.15) is 17.7 Å². The number of para-hydroxylation sites is 1. The van der Waals surface area contributed by atoms with Gasteiger partial charge >= 0.3 is 5.97 Å². The summed E-state index contributed by atoms with van der Waals surface area (Å²) in [7, 11) is 3.23. The molecule has 0 saturated carbocycles. The van der Waals surface area contributed by atoms with E-state index in [9.17, 15) is 9.90 Å². The van der Waals surface area contributed by atoms with Crippen LogP contribution in [-0.4, -0.2) is 54.8 Å². The maximum Gasteiger partial charge on any atom is 0.303 e. The largest absolute Gasteiger partial charge is 0.497 e. The lowest BCUT2D eigenvalue weighted by Crippen LogP contribution is -2.41. The highest BCUT2D eigenvalue weighted by atomic mass is 19.1. The molecule has 2 aromatic carbocycles. The topological polar surface area (TPSA) is 71.9 Å². The second kappa shape index (κ2) is 13.3. The third kappa shape index (κ3) is 7.02. The summed E-state index contributed by atoms with van der Waals surface area (Å²) in [5, 5.41) is 10.1. The van der Waals surface area contributed by atoms with E-state index in [0.29, 0.717) is 37.1 Å². The molecule has 0 amide bonds. The summed E-state index contributed by atoms with van der Waals surface area (Å²) in [5.41, 5.74) is 2.22. The number of aliphatic carboxylic acids is 1. The minimum Gasteiger partial charge on any atom is -0.497 e. The summed E-state index contributed by atoms with van der Waals surface area (Å²) in [6.07, 6.45) is 3.23. The third-order valence-corrected chi connectivity index (χ3v) is 7.45. The summed E-state index contributed by atoms with van der Waals surface area (Å²) >= 11 is 0. The van der Waals surface area contributed by atoms with Gasteiger partial charge in [-0.05, 0) is 86.0 Å². The maximum atomic E-state index is 15.6. The van der Waals surface area contributed by atoms with Crippen molar-refractivity contribution in [2.24, 2.45) is 11.8 Å². The Bertz CT molecular complexity index is 1300. The predicted molar refractivity (Wildman–Crippen MR) is 146 cm³/mol. The Morgan fingerprint density at radius 3 is 2.79 bits per heavy atom. The van der Waals surface area contributed by atoms with Gasteiger partial charge in [0.05, 0.1) is 31.8 Å². The number of alkyl halides is 1. The molecule has 7 heteroatoms. The molecule has 1 fully saturated rings. The first-order valence-electron chi connectivity index (χ1n) is 13.1. The molecule has 4 rings (SSSR count). The Balaban J connectivity index is 1.40. The highest BCUT2D eigenvalue weighted by Crippen LogP contribution is 2.36. The number of ether oxygens (including phenoxy) is 2. The van der Waals surface area contributed by atoms with Crippen LogP contribution in [0.2, 0.25) is 0 Å². The molecule has 1 aliphatic heterocycles. The number of likely N-dealkylation sites (tertiary alicyclic amines) is 1. The number of fused-ring (bicyclic) bond motifs is 1. The standard InChI is InChI=1S/C31H35FN2O4/c1-37-25-11-13-29-27(20-25)26(15-17-33-29)28(32)12-9-22-16-19-34(21-24(22)10-14-31(35)36)18-5-7-23-6-3-4-8-30(23)38-2/h3-4,6,8,11,13,15,17,20,22,24,28H,9-10,12,14,16,18-19,21H2,1-2H3,(H,35,36)/t22-,24+,28?/m1/s1. The van der Waals surface area contributed by atoms with Crippen molar-refractivity contribution in [3.63, 3.8) is 0 Å². The van der Waals surface area contributed by atoms with Gasteiger partial charge in [-0.3, -0.25) is 14.7 Å². The van der Waals surface area contributed by atoms with Crippen LogP contribution in [0.4, 0.5) is 4.39 Å².